The van der Waals surface area contributed by atoms with Gasteiger partial charge in [0.15, 0.2) is 5.16 Å². The predicted octanol–water partition coefficient (Wildman–Crippen LogP) is 2.20. The molecule has 2 aromatic rings. The SMILES string of the molecule is CSc1nc(C(C)(O)c2ccc(F)cc2)c(C)c(=O)[nH]1. The van der Waals surface area contributed by atoms with E-state index in [-0.39, 0.29) is 17.1 Å². The fourth-order valence-corrected chi connectivity index (χ4v) is 2.37. The summed E-state index contributed by atoms with van der Waals surface area (Å²) in [6.07, 6.45) is 1.78. The number of hydrogen-bond acceptors (Lipinski definition) is 4. The van der Waals surface area contributed by atoms with E-state index in [0.29, 0.717) is 16.3 Å². The second kappa shape index (κ2) is 5.38. The topological polar surface area (TPSA) is 66.0 Å². The Kier molecular flexibility index (Phi) is 3.96. The Balaban J connectivity index is 2.61. The Morgan fingerprint density at radius 2 is 1.95 bits per heavy atom. The Hall–Kier alpha value is -1.66. The van der Waals surface area contributed by atoms with Crippen molar-refractivity contribution in [3.8, 4) is 0 Å². The summed E-state index contributed by atoms with van der Waals surface area (Å²) in [6.45, 7) is 3.14. The predicted molar refractivity (Wildman–Crippen MR) is 76.4 cm³/mol. The molecule has 0 spiro atoms. The van der Waals surface area contributed by atoms with Gasteiger partial charge in [0, 0.05) is 5.56 Å². The number of hydrogen-bond donors (Lipinski definition) is 2. The van der Waals surface area contributed by atoms with Crippen LogP contribution in [0.15, 0.2) is 34.2 Å². The molecule has 0 fully saturated rings. The van der Waals surface area contributed by atoms with E-state index in [1.807, 2.05) is 0 Å². The number of halogens is 1. The summed E-state index contributed by atoms with van der Waals surface area (Å²) in [7, 11) is 0. The molecule has 0 saturated carbocycles. The molecule has 106 valence electrons. The Morgan fingerprint density at radius 3 is 2.50 bits per heavy atom. The van der Waals surface area contributed by atoms with Gasteiger partial charge in [-0.25, -0.2) is 9.37 Å². The highest BCUT2D eigenvalue weighted by atomic mass is 32.2. The number of rotatable bonds is 3. The van der Waals surface area contributed by atoms with Crippen LogP contribution in [-0.2, 0) is 5.60 Å². The third-order valence-electron chi connectivity index (χ3n) is 3.19. The number of thioether (sulfide) groups is 1. The highest BCUT2D eigenvalue weighted by molar-refractivity contribution is 7.98. The van der Waals surface area contributed by atoms with E-state index in [1.165, 1.54) is 36.0 Å². The molecular weight excluding hydrogens is 279 g/mol. The van der Waals surface area contributed by atoms with E-state index in [9.17, 15) is 14.3 Å². The van der Waals surface area contributed by atoms with Gasteiger partial charge in [-0.05, 0) is 37.8 Å². The summed E-state index contributed by atoms with van der Waals surface area (Å²) in [5.41, 5.74) is -0.653. The van der Waals surface area contributed by atoms with Crippen LogP contribution in [0, 0.1) is 12.7 Å². The highest BCUT2D eigenvalue weighted by Crippen LogP contribution is 2.29. The third-order valence-corrected chi connectivity index (χ3v) is 3.77. The second-order valence-corrected chi connectivity index (χ2v) is 5.42. The summed E-state index contributed by atoms with van der Waals surface area (Å²) in [5.74, 6) is -0.384. The summed E-state index contributed by atoms with van der Waals surface area (Å²) < 4.78 is 13.0. The Morgan fingerprint density at radius 1 is 1.35 bits per heavy atom. The normalized spacial score (nSPS) is 14.1. The first-order chi connectivity index (χ1) is 9.36. The number of aliphatic hydroxyl groups is 1. The fraction of sp³-hybridized carbons (Fsp3) is 0.286. The van der Waals surface area contributed by atoms with E-state index in [1.54, 1.807) is 20.1 Å². The molecule has 1 aromatic carbocycles. The number of nitrogens with zero attached hydrogens (tertiary/aromatic N) is 1. The Labute approximate surface area is 120 Å². The maximum Gasteiger partial charge on any atom is 0.254 e. The largest absolute Gasteiger partial charge is 0.379 e. The maximum atomic E-state index is 13.0. The lowest BCUT2D eigenvalue weighted by atomic mass is 9.90. The lowest BCUT2D eigenvalue weighted by Gasteiger charge is -2.25. The molecule has 0 aliphatic heterocycles. The average molecular weight is 294 g/mol. The highest BCUT2D eigenvalue weighted by Gasteiger charge is 2.30. The molecule has 20 heavy (non-hydrogen) atoms. The van der Waals surface area contributed by atoms with Crippen molar-refractivity contribution in [2.45, 2.75) is 24.6 Å². The van der Waals surface area contributed by atoms with E-state index < -0.39 is 5.60 Å². The zero-order valence-corrected chi connectivity index (χ0v) is 12.2. The van der Waals surface area contributed by atoms with Crippen molar-refractivity contribution in [2.24, 2.45) is 0 Å². The van der Waals surface area contributed by atoms with Crippen molar-refractivity contribution in [2.75, 3.05) is 6.26 Å². The van der Waals surface area contributed by atoms with Crippen molar-refractivity contribution in [1.29, 1.82) is 0 Å². The van der Waals surface area contributed by atoms with Crippen LogP contribution in [0.5, 0.6) is 0 Å². The van der Waals surface area contributed by atoms with Crippen molar-refractivity contribution in [3.63, 3.8) is 0 Å². The van der Waals surface area contributed by atoms with Crippen molar-refractivity contribution in [3.05, 3.63) is 57.3 Å². The first-order valence-electron chi connectivity index (χ1n) is 6.00. The molecule has 0 amide bonds. The van der Waals surface area contributed by atoms with Crippen LogP contribution in [0.4, 0.5) is 4.39 Å². The number of benzene rings is 1. The van der Waals surface area contributed by atoms with Gasteiger partial charge in [0.05, 0.1) is 5.69 Å². The van der Waals surface area contributed by atoms with Crippen molar-refractivity contribution in [1.82, 2.24) is 9.97 Å². The van der Waals surface area contributed by atoms with Gasteiger partial charge in [0.25, 0.3) is 5.56 Å². The van der Waals surface area contributed by atoms with Gasteiger partial charge in [-0.1, -0.05) is 23.9 Å². The molecule has 0 aliphatic carbocycles. The summed E-state index contributed by atoms with van der Waals surface area (Å²) >= 11 is 1.28. The summed E-state index contributed by atoms with van der Waals surface area (Å²) in [5, 5.41) is 11.2. The van der Waals surface area contributed by atoms with Crippen LogP contribution in [0.2, 0.25) is 0 Å². The van der Waals surface area contributed by atoms with Gasteiger partial charge in [0.1, 0.15) is 11.4 Å². The van der Waals surface area contributed by atoms with Gasteiger partial charge in [0.2, 0.25) is 0 Å². The van der Waals surface area contributed by atoms with Gasteiger partial charge >= 0.3 is 0 Å². The van der Waals surface area contributed by atoms with Crippen molar-refractivity contribution >= 4 is 11.8 Å². The number of aromatic amines is 1. The molecule has 1 aromatic heterocycles. The van der Waals surface area contributed by atoms with Gasteiger partial charge in [-0.15, -0.1) is 0 Å². The number of H-pyrrole nitrogens is 1. The quantitative estimate of drug-likeness (QED) is 0.673. The standard InChI is InChI=1S/C14H15FN2O2S/c1-8-11(16-13(20-3)17-12(8)18)14(2,19)9-4-6-10(15)7-5-9/h4-7,19H,1-3H3,(H,16,17,18). The van der Waals surface area contributed by atoms with Gasteiger partial charge in [-0.2, -0.15) is 0 Å². The molecule has 6 heteroatoms. The zero-order chi connectivity index (χ0) is 14.9. The van der Waals surface area contributed by atoms with Crippen LogP contribution in [-0.4, -0.2) is 21.3 Å². The Bertz CT molecular complexity index is 681. The second-order valence-electron chi connectivity index (χ2n) is 4.63. The van der Waals surface area contributed by atoms with Crippen molar-refractivity contribution < 1.29 is 9.50 Å². The minimum Gasteiger partial charge on any atom is -0.379 e. The molecule has 1 atom stereocenters. The van der Waals surface area contributed by atoms with Crippen LogP contribution in [0.25, 0.3) is 0 Å². The van der Waals surface area contributed by atoms with E-state index in [2.05, 4.69) is 9.97 Å². The zero-order valence-electron chi connectivity index (χ0n) is 11.4. The average Bonchev–Trinajstić information content (AvgIpc) is 2.42. The van der Waals surface area contributed by atoms with E-state index >= 15 is 0 Å². The number of aromatic nitrogens is 2. The molecule has 2 N–H and O–H groups in total. The van der Waals surface area contributed by atoms with E-state index in [0.717, 1.165) is 0 Å². The molecule has 0 saturated heterocycles. The van der Waals surface area contributed by atoms with Gasteiger partial charge in [-0.3, -0.25) is 4.79 Å². The first-order valence-corrected chi connectivity index (χ1v) is 7.22. The first kappa shape index (κ1) is 14.7. The fourth-order valence-electron chi connectivity index (χ4n) is 1.99. The maximum absolute atomic E-state index is 13.0. The summed E-state index contributed by atoms with van der Waals surface area (Å²) in [6, 6.07) is 5.50. The number of nitrogens with one attached hydrogen (secondary N) is 1. The molecule has 1 heterocycles. The minimum absolute atomic E-state index is 0.275. The molecule has 4 nitrogen and oxygen atoms in total. The molecule has 1 unspecified atom stereocenters. The molecule has 0 bridgehead atoms. The molecular formula is C14H15FN2O2S. The summed E-state index contributed by atoms with van der Waals surface area (Å²) in [4.78, 5) is 18.8. The molecule has 0 radical (unpaired) electrons. The van der Waals surface area contributed by atoms with Gasteiger partial charge < -0.3 is 10.1 Å². The van der Waals surface area contributed by atoms with Crippen LogP contribution in [0.3, 0.4) is 0 Å². The lowest BCUT2D eigenvalue weighted by molar-refractivity contribution is 0.0954. The smallest absolute Gasteiger partial charge is 0.254 e. The van der Waals surface area contributed by atoms with Crippen LogP contribution >= 0.6 is 11.8 Å². The molecule has 0 aliphatic rings. The molecule has 2 rings (SSSR count). The van der Waals surface area contributed by atoms with Crippen LogP contribution in [0.1, 0.15) is 23.7 Å². The lowest BCUT2D eigenvalue weighted by Crippen LogP contribution is -2.30. The monoisotopic (exact) mass is 294 g/mol. The van der Waals surface area contributed by atoms with E-state index in [4.69, 9.17) is 0 Å². The van der Waals surface area contributed by atoms with Crippen LogP contribution < -0.4 is 5.56 Å². The third kappa shape index (κ3) is 2.62. The minimum atomic E-state index is -1.46.